The standard InChI is InChI=1S/C24H24N4O3/c1-2-15-5-8-17(9-6-15)28-24(30)20-14-25-21-10-7-16(12-19(21)22(20)27-28)23(29)26-13-18-4-3-11-31-18/h5-10,12,14,18,27H,2-4,11,13H2,1H3,(H,26,29). The molecular formula is C24H24N4O3. The molecule has 1 aliphatic heterocycles. The summed E-state index contributed by atoms with van der Waals surface area (Å²) in [4.78, 5) is 30.1. The number of aryl methyl sites for hydroxylation is 1. The van der Waals surface area contributed by atoms with E-state index >= 15 is 0 Å². The number of ether oxygens (including phenoxy) is 1. The number of rotatable bonds is 5. The normalized spacial score (nSPS) is 16.2. The summed E-state index contributed by atoms with van der Waals surface area (Å²) in [5.74, 6) is -0.161. The number of aromatic amines is 1. The summed E-state index contributed by atoms with van der Waals surface area (Å²) < 4.78 is 7.10. The molecule has 7 heteroatoms. The maximum absolute atomic E-state index is 13.0. The molecule has 1 unspecified atom stereocenters. The topological polar surface area (TPSA) is 89.0 Å². The molecule has 0 bridgehead atoms. The van der Waals surface area contributed by atoms with Crippen molar-refractivity contribution in [2.75, 3.05) is 13.2 Å². The first-order valence-electron chi connectivity index (χ1n) is 10.7. The Bertz CT molecular complexity index is 1310. The van der Waals surface area contributed by atoms with E-state index in [9.17, 15) is 9.59 Å². The van der Waals surface area contributed by atoms with Crippen LogP contribution in [0.25, 0.3) is 27.5 Å². The molecule has 0 radical (unpaired) electrons. The molecule has 0 saturated carbocycles. The number of benzene rings is 2. The van der Waals surface area contributed by atoms with Crippen LogP contribution in [0.4, 0.5) is 0 Å². The van der Waals surface area contributed by atoms with Crippen molar-refractivity contribution >= 4 is 27.7 Å². The monoisotopic (exact) mass is 416 g/mol. The summed E-state index contributed by atoms with van der Waals surface area (Å²) in [7, 11) is 0. The number of pyridine rings is 1. The molecule has 31 heavy (non-hydrogen) atoms. The van der Waals surface area contributed by atoms with Gasteiger partial charge in [0.1, 0.15) is 0 Å². The number of carbonyl (C=O) groups is 1. The van der Waals surface area contributed by atoms with E-state index in [-0.39, 0.29) is 17.6 Å². The van der Waals surface area contributed by atoms with Crippen molar-refractivity contribution in [2.24, 2.45) is 0 Å². The van der Waals surface area contributed by atoms with Crippen LogP contribution in [0, 0.1) is 0 Å². The quantitative estimate of drug-likeness (QED) is 0.522. The molecule has 2 N–H and O–H groups in total. The lowest BCUT2D eigenvalue weighted by Crippen LogP contribution is -2.31. The van der Waals surface area contributed by atoms with Crippen molar-refractivity contribution in [3.63, 3.8) is 0 Å². The molecule has 7 nitrogen and oxygen atoms in total. The minimum atomic E-state index is -0.165. The van der Waals surface area contributed by atoms with Gasteiger partial charge in [0.15, 0.2) is 0 Å². The van der Waals surface area contributed by atoms with Crippen molar-refractivity contribution in [1.29, 1.82) is 0 Å². The molecule has 0 aliphatic carbocycles. The van der Waals surface area contributed by atoms with Gasteiger partial charge in [-0.05, 0) is 55.2 Å². The second kappa shape index (κ2) is 8.00. The Labute approximate surface area is 179 Å². The average Bonchev–Trinajstić information content (AvgIpc) is 3.45. The van der Waals surface area contributed by atoms with Gasteiger partial charge in [0.25, 0.3) is 11.5 Å². The summed E-state index contributed by atoms with van der Waals surface area (Å²) in [6, 6.07) is 13.2. The third-order valence-electron chi connectivity index (χ3n) is 5.90. The fourth-order valence-corrected chi connectivity index (χ4v) is 4.08. The Morgan fingerprint density at radius 3 is 2.81 bits per heavy atom. The molecule has 5 rings (SSSR count). The molecule has 1 fully saturated rings. The Hall–Kier alpha value is -3.45. The molecule has 4 aromatic rings. The lowest BCUT2D eigenvalue weighted by molar-refractivity contribution is 0.0858. The molecule has 1 saturated heterocycles. The van der Waals surface area contributed by atoms with Crippen LogP contribution >= 0.6 is 0 Å². The van der Waals surface area contributed by atoms with Gasteiger partial charge in [0.05, 0.1) is 28.2 Å². The molecule has 2 aromatic heterocycles. The zero-order valence-corrected chi connectivity index (χ0v) is 17.4. The maximum atomic E-state index is 13.0. The first-order chi connectivity index (χ1) is 15.1. The van der Waals surface area contributed by atoms with E-state index in [4.69, 9.17) is 4.74 Å². The third kappa shape index (κ3) is 3.61. The Morgan fingerprint density at radius 1 is 1.23 bits per heavy atom. The number of hydrogen-bond donors (Lipinski definition) is 2. The second-order valence-corrected chi connectivity index (χ2v) is 7.90. The number of nitrogens with zero attached hydrogens (tertiary/aromatic N) is 2. The van der Waals surface area contributed by atoms with Gasteiger partial charge in [0, 0.05) is 30.3 Å². The largest absolute Gasteiger partial charge is 0.376 e. The minimum absolute atomic E-state index is 0.0854. The number of aromatic nitrogens is 3. The third-order valence-corrected chi connectivity index (χ3v) is 5.90. The summed E-state index contributed by atoms with van der Waals surface area (Å²) in [6.45, 7) is 3.35. The summed E-state index contributed by atoms with van der Waals surface area (Å²) in [6.07, 6.45) is 4.61. The molecule has 2 aromatic carbocycles. The number of carbonyl (C=O) groups excluding carboxylic acids is 1. The molecule has 1 atom stereocenters. The molecule has 1 aliphatic rings. The number of fused-ring (bicyclic) bond motifs is 3. The summed E-state index contributed by atoms with van der Waals surface area (Å²) in [5, 5.41) is 7.39. The van der Waals surface area contributed by atoms with Crippen LogP contribution in [0.15, 0.2) is 53.5 Å². The highest BCUT2D eigenvalue weighted by Crippen LogP contribution is 2.22. The highest BCUT2D eigenvalue weighted by molar-refractivity contribution is 6.06. The number of nitrogens with one attached hydrogen (secondary N) is 2. The second-order valence-electron chi connectivity index (χ2n) is 7.90. The fraction of sp³-hybridized carbons (Fsp3) is 0.292. The molecular weight excluding hydrogens is 392 g/mol. The number of H-pyrrole nitrogens is 1. The van der Waals surface area contributed by atoms with Crippen molar-refractivity contribution in [3.8, 4) is 5.69 Å². The summed E-state index contributed by atoms with van der Waals surface area (Å²) >= 11 is 0. The Morgan fingerprint density at radius 2 is 2.06 bits per heavy atom. The SMILES string of the molecule is CCc1ccc(-n2[nH]c3c(cnc4ccc(C(=O)NCC5CCCO5)cc43)c2=O)cc1. The van der Waals surface area contributed by atoms with Gasteiger partial charge in [-0.15, -0.1) is 0 Å². The van der Waals surface area contributed by atoms with Crippen LogP contribution in [0.3, 0.4) is 0 Å². The van der Waals surface area contributed by atoms with Crippen LogP contribution in [0.5, 0.6) is 0 Å². The zero-order valence-electron chi connectivity index (χ0n) is 17.4. The van der Waals surface area contributed by atoms with E-state index in [0.717, 1.165) is 42.5 Å². The van der Waals surface area contributed by atoms with Gasteiger partial charge in [-0.1, -0.05) is 19.1 Å². The van der Waals surface area contributed by atoms with Crippen LogP contribution in [-0.4, -0.2) is 39.9 Å². The predicted molar refractivity (Wildman–Crippen MR) is 120 cm³/mol. The van der Waals surface area contributed by atoms with E-state index < -0.39 is 0 Å². The molecule has 1 amide bonds. The molecule has 3 heterocycles. The van der Waals surface area contributed by atoms with Crippen LogP contribution < -0.4 is 10.9 Å². The lowest BCUT2D eigenvalue weighted by Gasteiger charge is -2.11. The maximum Gasteiger partial charge on any atom is 0.280 e. The van der Waals surface area contributed by atoms with E-state index in [2.05, 4.69) is 22.3 Å². The van der Waals surface area contributed by atoms with E-state index in [1.54, 1.807) is 24.4 Å². The number of amides is 1. The van der Waals surface area contributed by atoms with Crippen molar-refractivity contribution in [3.05, 3.63) is 70.1 Å². The van der Waals surface area contributed by atoms with Crippen LogP contribution in [-0.2, 0) is 11.2 Å². The van der Waals surface area contributed by atoms with E-state index in [1.807, 2.05) is 24.3 Å². The van der Waals surface area contributed by atoms with Gasteiger partial charge in [-0.3, -0.25) is 19.7 Å². The first-order valence-corrected chi connectivity index (χ1v) is 10.7. The zero-order chi connectivity index (χ0) is 21.4. The van der Waals surface area contributed by atoms with Crippen molar-refractivity contribution in [2.45, 2.75) is 32.3 Å². The van der Waals surface area contributed by atoms with Crippen LogP contribution in [0.2, 0.25) is 0 Å². The predicted octanol–water partition coefficient (Wildman–Crippen LogP) is 3.34. The summed E-state index contributed by atoms with van der Waals surface area (Å²) in [5.41, 5.74) is 3.72. The van der Waals surface area contributed by atoms with Crippen LogP contribution in [0.1, 0.15) is 35.7 Å². The lowest BCUT2D eigenvalue weighted by atomic mass is 10.1. The van der Waals surface area contributed by atoms with E-state index in [0.29, 0.717) is 23.0 Å². The highest BCUT2D eigenvalue weighted by atomic mass is 16.5. The van der Waals surface area contributed by atoms with Gasteiger partial charge in [-0.2, -0.15) is 0 Å². The van der Waals surface area contributed by atoms with Crippen molar-refractivity contribution in [1.82, 2.24) is 20.1 Å². The highest BCUT2D eigenvalue weighted by Gasteiger charge is 2.18. The number of hydrogen-bond acceptors (Lipinski definition) is 4. The smallest absolute Gasteiger partial charge is 0.280 e. The van der Waals surface area contributed by atoms with Crippen molar-refractivity contribution < 1.29 is 9.53 Å². The van der Waals surface area contributed by atoms with Gasteiger partial charge in [-0.25, -0.2) is 4.68 Å². The Kier molecular flexibility index (Phi) is 5.03. The van der Waals surface area contributed by atoms with Gasteiger partial charge < -0.3 is 10.1 Å². The van der Waals surface area contributed by atoms with E-state index in [1.165, 1.54) is 10.2 Å². The molecule has 0 spiro atoms. The average molecular weight is 416 g/mol. The molecule has 158 valence electrons. The fourth-order valence-electron chi connectivity index (χ4n) is 4.08. The van der Waals surface area contributed by atoms with Gasteiger partial charge in [0.2, 0.25) is 0 Å². The first kappa shape index (κ1) is 19.5. The Balaban J connectivity index is 1.52. The van der Waals surface area contributed by atoms with Gasteiger partial charge >= 0.3 is 0 Å². The minimum Gasteiger partial charge on any atom is -0.376 e.